The van der Waals surface area contributed by atoms with Crippen LogP contribution in [0.1, 0.15) is 0 Å². The van der Waals surface area contributed by atoms with E-state index in [0.717, 1.165) is 22.0 Å². The number of pyridine rings is 1. The summed E-state index contributed by atoms with van der Waals surface area (Å²) < 4.78 is 34.0. The van der Waals surface area contributed by atoms with Crippen molar-refractivity contribution in [1.82, 2.24) is 14.5 Å². The lowest BCUT2D eigenvalue weighted by atomic mass is 10.1. The number of methoxy groups -OCH3 is 1. The van der Waals surface area contributed by atoms with E-state index in [1.54, 1.807) is 6.07 Å². The van der Waals surface area contributed by atoms with Crippen molar-refractivity contribution in [3.8, 4) is 21.9 Å². The zero-order chi connectivity index (χ0) is 22.6. The summed E-state index contributed by atoms with van der Waals surface area (Å²) in [5.74, 6) is -1.13. The number of nitrogens with zero attached hydrogens (tertiary/aromatic N) is 2. The van der Waals surface area contributed by atoms with Crippen LogP contribution in [0.3, 0.4) is 0 Å². The van der Waals surface area contributed by atoms with Gasteiger partial charge < -0.3 is 9.72 Å². The molecule has 160 valence electrons. The first-order valence-electron chi connectivity index (χ1n) is 9.23. The number of H-pyrrole nitrogens is 1. The second-order valence-electron chi connectivity index (χ2n) is 6.91. The summed E-state index contributed by atoms with van der Waals surface area (Å²) in [6.45, 7) is 0. The van der Waals surface area contributed by atoms with Crippen molar-refractivity contribution >= 4 is 43.9 Å². The quantitative estimate of drug-likeness (QED) is 0.406. The number of hydrogen-bond donors (Lipinski definition) is 1. The molecule has 0 spiro atoms. The Balaban J connectivity index is 1.77. The minimum Gasteiger partial charge on any atom is -0.494 e. The van der Waals surface area contributed by atoms with Crippen LogP contribution in [0.2, 0.25) is 5.02 Å². The van der Waals surface area contributed by atoms with Crippen LogP contribution in [-0.2, 0) is 0 Å². The molecular weight excluding hydrogens is 460 g/mol. The smallest absolute Gasteiger partial charge is 0.333 e. The van der Waals surface area contributed by atoms with Crippen molar-refractivity contribution in [2.24, 2.45) is 0 Å². The molecule has 0 unspecified atom stereocenters. The molecule has 10 heteroatoms. The van der Waals surface area contributed by atoms with Gasteiger partial charge in [0, 0.05) is 27.4 Å². The number of aromatic nitrogens is 3. The van der Waals surface area contributed by atoms with E-state index in [-0.39, 0.29) is 21.2 Å². The third-order valence-electron chi connectivity index (χ3n) is 5.02. The topological polar surface area (TPSA) is 77.0 Å². The molecule has 0 amide bonds. The van der Waals surface area contributed by atoms with Crippen LogP contribution >= 0.6 is 22.9 Å². The molecule has 0 saturated heterocycles. The summed E-state index contributed by atoms with van der Waals surface area (Å²) in [6, 6.07) is 8.18. The lowest BCUT2D eigenvalue weighted by molar-refractivity contribution is 0.387. The Morgan fingerprint density at radius 3 is 2.72 bits per heavy atom. The summed E-state index contributed by atoms with van der Waals surface area (Å²) in [4.78, 5) is 33.4. The fourth-order valence-corrected chi connectivity index (χ4v) is 4.91. The summed E-state index contributed by atoms with van der Waals surface area (Å²) in [5, 5.41) is 1.08. The molecule has 32 heavy (non-hydrogen) atoms. The highest BCUT2D eigenvalue weighted by Crippen LogP contribution is 2.38. The zero-order valence-corrected chi connectivity index (χ0v) is 17.9. The number of halogens is 3. The van der Waals surface area contributed by atoms with Gasteiger partial charge >= 0.3 is 5.69 Å². The molecular formula is C22H12ClF2N3O3S. The largest absolute Gasteiger partial charge is 0.494 e. The molecule has 0 aliphatic heterocycles. The molecule has 0 atom stereocenters. The van der Waals surface area contributed by atoms with Gasteiger partial charge in [0.25, 0.3) is 5.56 Å². The maximum absolute atomic E-state index is 13.9. The van der Waals surface area contributed by atoms with Gasteiger partial charge in [-0.05, 0) is 36.4 Å². The van der Waals surface area contributed by atoms with Crippen LogP contribution in [0, 0.1) is 11.6 Å². The van der Waals surface area contributed by atoms with Gasteiger partial charge in [0.15, 0.2) is 11.6 Å². The van der Waals surface area contributed by atoms with Crippen molar-refractivity contribution in [3.63, 3.8) is 0 Å². The van der Waals surface area contributed by atoms with Gasteiger partial charge in [0.2, 0.25) is 0 Å². The van der Waals surface area contributed by atoms with E-state index in [2.05, 4.69) is 9.97 Å². The highest BCUT2D eigenvalue weighted by Gasteiger charge is 2.18. The summed E-state index contributed by atoms with van der Waals surface area (Å²) in [5.41, 5.74) is -0.384. The second kappa shape index (κ2) is 7.54. The van der Waals surface area contributed by atoms with E-state index in [0.29, 0.717) is 26.7 Å². The van der Waals surface area contributed by atoms with Crippen molar-refractivity contribution in [2.45, 2.75) is 0 Å². The van der Waals surface area contributed by atoms with E-state index in [4.69, 9.17) is 16.3 Å². The number of fused-ring (bicyclic) bond motifs is 2. The highest BCUT2D eigenvalue weighted by molar-refractivity contribution is 7.22. The van der Waals surface area contributed by atoms with Crippen LogP contribution in [0.25, 0.3) is 37.1 Å². The van der Waals surface area contributed by atoms with Crippen molar-refractivity contribution in [3.05, 3.63) is 86.3 Å². The van der Waals surface area contributed by atoms with E-state index in [9.17, 15) is 18.4 Å². The third-order valence-corrected chi connectivity index (χ3v) is 6.49. The number of rotatable bonds is 3. The molecule has 5 aromatic rings. The van der Waals surface area contributed by atoms with Crippen LogP contribution in [0.15, 0.2) is 58.4 Å². The molecule has 0 saturated carbocycles. The van der Waals surface area contributed by atoms with Gasteiger partial charge in [-0.1, -0.05) is 11.6 Å². The van der Waals surface area contributed by atoms with Gasteiger partial charge in [-0.15, -0.1) is 11.3 Å². The number of ether oxygens (including phenoxy) is 1. The summed E-state index contributed by atoms with van der Waals surface area (Å²) in [6.07, 6.45) is 2.85. The predicted molar refractivity (Wildman–Crippen MR) is 120 cm³/mol. The van der Waals surface area contributed by atoms with Gasteiger partial charge in [0.05, 0.1) is 29.5 Å². The molecule has 2 aromatic carbocycles. The van der Waals surface area contributed by atoms with Gasteiger partial charge in [-0.25, -0.2) is 18.1 Å². The van der Waals surface area contributed by atoms with E-state index in [1.165, 1.54) is 43.8 Å². The van der Waals surface area contributed by atoms with Crippen LogP contribution in [0.4, 0.5) is 8.78 Å². The third kappa shape index (κ3) is 3.17. The fourth-order valence-electron chi connectivity index (χ4n) is 3.53. The number of aromatic amines is 1. The van der Waals surface area contributed by atoms with E-state index in [1.807, 2.05) is 0 Å². The molecule has 0 aliphatic rings. The Kier molecular flexibility index (Phi) is 4.79. The standard InChI is InChI=1S/C22H12ClF2N3O3S/c1-31-18-5-13(14(23)6-15(18)25)19-7-16-20(32-19)21(29)28(22(30)27-16)17-9-26-8-10-2-3-11(24)4-12(10)17/h2-9H,1H3,(H,27,30). The number of benzene rings is 2. The van der Waals surface area contributed by atoms with E-state index < -0.39 is 22.9 Å². The average Bonchev–Trinajstić information content (AvgIpc) is 3.18. The van der Waals surface area contributed by atoms with Crippen LogP contribution in [0.5, 0.6) is 5.75 Å². The SMILES string of the molecule is COc1cc(-c2cc3[nH]c(=O)n(-c4cncc5ccc(F)cc45)c(=O)c3s2)c(Cl)cc1F. The predicted octanol–water partition coefficient (Wildman–Crippen LogP) is 4.90. The molecule has 6 nitrogen and oxygen atoms in total. The summed E-state index contributed by atoms with van der Waals surface area (Å²) in [7, 11) is 1.33. The Morgan fingerprint density at radius 2 is 1.94 bits per heavy atom. The molecule has 0 bridgehead atoms. The van der Waals surface area contributed by atoms with Gasteiger partial charge in [0.1, 0.15) is 10.5 Å². The maximum atomic E-state index is 13.9. The molecule has 3 aromatic heterocycles. The first kappa shape index (κ1) is 20.3. The molecule has 0 aliphatic carbocycles. The number of thiophene rings is 1. The molecule has 1 N–H and O–H groups in total. The minimum absolute atomic E-state index is 0.00313. The van der Waals surface area contributed by atoms with Crippen molar-refractivity contribution in [1.29, 1.82) is 0 Å². The number of nitrogens with one attached hydrogen (secondary N) is 1. The average molecular weight is 472 g/mol. The molecule has 3 heterocycles. The molecule has 5 rings (SSSR count). The monoisotopic (exact) mass is 471 g/mol. The Hall–Kier alpha value is -3.56. The van der Waals surface area contributed by atoms with Crippen molar-refractivity contribution in [2.75, 3.05) is 7.11 Å². The highest BCUT2D eigenvalue weighted by atomic mass is 35.5. The first-order chi connectivity index (χ1) is 15.4. The first-order valence-corrected chi connectivity index (χ1v) is 10.4. The number of hydrogen-bond acceptors (Lipinski definition) is 5. The Bertz CT molecular complexity index is 1660. The molecule has 0 radical (unpaired) electrons. The fraction of sp³-hybridized carbons (Fsp3) is 0.0455. The zero-order valence-electron chi connectivity index (χ0n) is 16.3. The van der Waals surface area contributed by atoms with Gasteiger partial charge in [-0.2, -0.15) is 0 Å². The minimum atomic E-state index is -0.701. The second-order valence-corrected chi connectivity index (χ2v) is 8.37. The van der Waals surface area contributed by atoms with E-state index >= 15 is 0 Å². The van der Waals surface area contributed by atoms with Crippen LogP contribution in [-0.4, -0.2) is 21.6 Å². The van der Waals surface area contributed by atoms with Crippen LogP contribution < -0.4 is 16.0 Å². The summed E-state index contributed by atoms with van der Waals surface area (Å²) >= 11 is 7.29. The lowest BCUT2D eigenvalue weighted by Gasteiger charge is -2.08. The molecule has 0 fully saturated rings. The van der Waals surface area contributed by atoms with Crippen molar-refractivity contribution < 1.29 is 13.5 Å². The normalized spacial score (nSPS) is 11.4. The Morgan fingerprint density at radius 1 is 1.12 bits per heavy atom. The maximum Gasteiger partial charge on any atom is 0.333 e. The van der Waals surface area contributed by atoms with Gasteiger partial charge in [-0.3, -0.25) is 9.78 Å². The Labute approximate surface area is 187 Å². The lowest BCUT2D eigenvalue weighted by Crippen LogP contribution is -2.33.